The maximum absolute atomic E-state index is 11.6. The highest BCUT2D eigenvalue weighted by Gasteiger charge is 2.05. The van der Waals surface area contributed by atoms with E-state index in [2.05, 4.69) is 15.4 Å². The van der Waals surface area contributed by atoms with Crippen molar-refractivity contribution in [3.63, 3.8) is 0 Å². The Balaban J connectivity index is 1.63. The van der Waals surface area contributed by atoms with Gasteiger partial charge >= 0.3 is 0 Å². The van der Waals surface area contributed by atoms with Crippen molar-refractivity contribution in [1.82, 2.24) is 14.6 Å². The molecule has 0 aliphatic carbocycles. The second-order valence-electron chi connectivity index (χ2n) is 4.54. The van der Waals surface area contributed by atoms with Crippen LogP contribution >= 0.6 is 11.3 Å². The van der Waals surface area contributed by atoms with Gasteiger partial charge in [-0.2, -0.15) is 4.52 Å². The summed E-state index contributed by atoms with van der Waals surface area (Å²) in [5, 5.41) is 17.1. The smallest absolute Gasteiger partial charge is 0.275 e. The molecule has 0 unspecified atom stereocenters. The number of hydrogen-bond acceptors (Lipinski definition) is 6. The molecule has 0 atom stereocenters. The van der Waals surface area contributed by atoms with E-state index >= 15 is 0 Å². The predicted molar refractivity (Wildman–Crippen MR) is 81.7 cm³/mol. The molecule has 0 saturated heterocycles. The van der Waals surface area contributed by atoms with Crippen molar-refractivity contribution < 1.29 is 5.11 Å². The van der Waals surface area contributed by atoms with Gasteiger partial charge in [-0.3, -0.25) is 4.79 Å². The van der Waals surface area contributed by atoms with Gasteiger partial charge in [0, 0.05) is 18.8 Å². The lowest BCUT2D eigenvalue weighted by molar-refractivity contribution is 0.282. The van der Waals surface area contributed by atoms with Crippen LogP contribution in [0.1, 0.15) is 11.1 Å². The largest absolute Gasteiger partial charge is 0.392 e. The lowest BCUT2D eigenvalue weighted by Gasteiger charge is -2.03. The van der Waals surface area contributed by atoms with Crippen LogP contribution in [0.2, 0.25) is 0 Å². The van der Waals surface area contributed by atoms with E-state index in [0.29, 0.717) is 16.6 Å². The number of aromatic nitrogens is 3. The summed E-state index contributed by atoms with van der Waals surface area (Å²) in [5.74, 6) is 0. The number of anilines is 1. The topological polar surface area (TPSA) is 79.5 Å². The van der Waals surface area contributed by atoms with Gasteiger partial charge in [0.2, 0.25) is 10.1 Å². The van der Waals surface area contributed by atoms with Gasteiger partial charge in [0.05, 0.1) is 6.61 Å². The van der Waals surface area contributed by atoms with E-state index in [4.69, 9.17) is 5.11 Å². The van der Waals surface area contributed by atoms with E-state index < -0.39 is 0 Å². The summed E-state index contributed by atoms with van der Waals surface area (Å²) in [7, 11) is 0. The van der Waals surface area contributed by atoms with E-state index in [1.54, 1.807) is 0 Å². The normalized spacial score (nSPS) is 10.9. The first kappa shape index (κ1) is 13.7. The first-order valence-electron chi connectivity index (χ1n) is 6.54. The predicted octanol–water partition coefficient (Wildman–Crippen LogP) is 1.30. The summed E-state index contributed by atoms with van der Waals surface area (Å²) in [6.07, 6.45) is 2.33. The number of aliphatic hydroxyl groups is 1. The first-order valence-corrected chi connectivity index (χ1v) is 7.35. The molecule has 0 aliphatic rings. The van der Waals surface area contributed by atoms with E-state index in [0.717, 1.165) is 12.0 Å². The molecule has 0 bridgehead atoms. The van der Waals surface area contributed by atoms with Crippen LogP contribution in [0.3, 0.4) is 0 Å². The van der Waals surface area contributed by atoms with Crippen LogP contribution in [-0.4, -0.2) is 26.2 Å². The summed E-state index contributed by atoms with van der Waals surface area (Å²) in [6.45, 7) is 0.777. The Kier molecular flexibility index (Phi) is 3.94. The first-order chi connectivity index (χ1) is 10.3. The Morgan fingerprint density at radius 1 is 1.19 bits per heavy atom. The number of hydrogen-bond donors (Lipinski definition) is 2. The fourth-order valence-electron chi connectivity index (χ4n) is 1.94. The molecule has 2 heterocycles. The second-order valence-corrected chi connectivity index (χ2v) is 5.49. The lowest BCUT2D eigenvalue weighted by atomic mass is 10.1. The van der Waals surface area contributed by atoms with E-state index in [9.17, 15) is 4.79 Å². The summed E-state index contributed by atoms with van der Waals surface area (Å²) >= 11 is 1.35. The maximum atomic E-state index is 11.6. The third kappa shape index (κ3) is 3.09. The highest BCUT2D eigenvalue weighted by Crippen LogP contribution is 2.15. The highest BCUT2D eigenvalue weighted by molar-refractivity contribution is 7.20. The van der Waals surface area contributed by atoms with Gasteiger partial charge in [0.15, 0.2) is 0 Å². The standard InChI is InChI=1S/C14H14N4O2S/c19-9-11-3-1-10(2-4-11)5-7-15-13-17-18-12(20)6-8-16-14(18)21-13/h1-4,6,8,19H,5,7,9H2,(H,15,17). The minimum absolute atomic E-state index is 0.0615. The highest BCUT2D eigenvalue weighted by atomic mass is 32.1. The van der Waals surface area contributed by atoms with E-state index in [1.165, 1.54) is 33.7 Å². The molecule has 1 aromatic carbocycles. The molecule has 3 rings (SSSR count). The monoisotopic (exact) mass is 302 g/mol. The fourth-order valence-corrected chi connectivity index (χ4v) is 2.74. The summed E-state index contributed by atoms with van der Waals surface area (Å²) < 4.78 is 1.29. The zero-order chi connectivity index (χ0) is 14.7. The van der Waals surface area contributed by atoms with Crippen LogP contribution in [0.15, 0.2) is 41.3 Å². The van der Waals surface area contributed by atoms with Crippen LogP contribution in [0.5, 0.6) is 0 Å². The van der Waals surface area contributed by atoms with Crippen LogP contribution in [0.4, 0.5) is 5.13 Å². The van der Waals surface area contributed by atoms with Crippen molar-refractivity contribution in [3.05, 3.63) is 58.0 Å². The van der Waals surface area contributed by atoms with Gasteiger partial charge in [0.25, 0.3) is 5.56 Å². The van der Waals surface area contributed by atoms with Gasteiger partial charge < -0.3 is 10.4 Å². The summed E-state index contributed by atoms with van der Waals surface area (Å²) in [5.41, 5.74) is 1.91. The SMILES string of the molecule is O=c1ccnc2sc(NCCc3ccc(CO)cc3)nn12. The van der Waals surface area contributed by atoms with Crippen LogP contribution < -0.4 is 10.9 Å². The molecule has 0 aliphatic heterocycles. The average Bonchev–Trinajstić information content (AvgIpc) is 2.92. The maximum Gasteiger partial charge on any atom is 0.275 e. The molecule has 3 aromatic rings. The van der Waals surface area contributed by atoms with E-state index in [1.807, 2.05) is 24.3 Å². The number of nitrogens with zero attached hydrogens (tertiary/aromatic N) is 3. The number of fused-ring (bicyclic) bond motifs is 1. The van der Waals surface area contributed by atoms with Crippen molar-refractivity contribution in [2.24, 2.45) is 0 Å². The third-order valence-electron chi connectivity index (χ3n) is 3.07. The summed E-state index contributed by atoms with van der Waals surface area (Å²) in [4.78, 5) is 16.3. The van der Waals surface area contributed by atoms with Gasteiger partial charge in [-0.25, -0.2) is 4.98 Å². The van der Waals surface area contributed by atoms with Crippen molar-refractivity contribution in [2.75, 3.05) is 11.9 Å². The molecular weight excluding hydrogens is 288 g/mol. The molecule has 0 radical (unpaired) electrons. The molecule has 21 heavy (non-hydrogen) atoms. The molecule has 2 N–H and O–H groups in total. The molecule has 2 aromatic heterocycles. The minimum Gasteiger partial charge on any atom is -0.392 e. The fraction of sp³-hybridized carbons (Fsp3) is 0.214. The van der Waals surface area contributed by atoms with Gasteiger partial charge in [0.1, 0.15) is 0 Å². The molecule has 0 saturated carbocycles. The van der Waals surface area contributed by atoms with Crippen LogP contribution in [-0.2, 0) is 13.0 Å². The van der Waals surface area contributed by atoms with Crippen LogP contribution in [0.25, 0.3) is 4.96 Å². The van der Waals surface area contributed by atoms with Crippen molar-refractivity contribution >= 4 is 21.4 Å². The van der Waals surface area contributed by atoms with Gasteiger partial charge in [-0.1, -0.05) is 35.6 Å². The Hall–Kier alpha value is -2.25. The minimum atomic E-state index is -0.177. The van der Waals surface area contributed by atoms with Crippen molar-refractivity contribution in [3.8, 4) is 0 Å². The molecule has 6 nitrogen and oxygen atoms in total. The summed E-state index contributed by atoms with van der Waals surface area (Å²) in [6, 6.07) is 9.21. The zero-order valence-corrected chi connectivity index (χ0v) is 12.0. The molecule has 7 heteroatoms. The third-order valence-corrected chi connectivity index (χ3v) is 3.95. The second kappa shape index (κ2) is 6.02. The van der Waals surface area contributed by atoms with Gasteiger partial charge in [-0.05, 0) is 17.5 Å². The van der Waals surface area contributed by atoms with Crippen molar-refractivity contribution in [2.45, 2.75) is 13.0 Å². The number of benzene rings is 1. The van der Waals surface area contributed by atoms with E-state index in [-0.39, 0.29) is 12.2 Å². The Bertz CT molecular complexity index is 795. The Labute approximate surface area is 124 Å². The number of rotatable bonds is 5. The van der Waals surface area contributed by atoms with Crippen LogP contribution in [0, 0.1) is 0 Å². The number of nitrogens with one attached hydrogen (secondary N) is 1. The quantitative estimate of drug-likeness (QED) is 0.742. The van der Waals surface area contributed by atoms with Gasteiger partial charge in [-0.15, -0.1) is 5.10 Å². The molecule has 0 amide bonds. The molecule has 108 valence electrons. The molecular formula is C14H14N4O2S. The number of aliphatic hydroxyl groups excluding tert-OH is 1. The molecule has 0 fully saturated rings. The molecule has 0 spiro atoms. The average molecular weight is 302 g/mol. The zero-order valence-electron chi connectivity index (χ0n) is 11.2. The Morgan fingerprint density at radius 2 is 1.95 bits per heavy atom. The Morgan fingerprint density at radius 3 is 2.67 bits per heavy atom. The lowest BCUT2D eigenvalue weighted by Crippen LogP contribution is -2.13. The van der Waals surface area contributed by atoms with Crippen molar-refractivity contribution in [1.29, 1.82) is 0 Å².